The van der Waals surface area contributed by atoms with Gasteiger partial charge in [-0.15, -0.1) is 0 Å². The zero-order valence-corrected chi connectivity index (χ0v) is 26.6. The second-order valence-corrected chi connectivity index (χ2v) is 13.7. The smallest absolute Gasteiger partial charge is 0.264 e. The highest BCUT2D eigenvalue weighted by Gasteiger charge is 2.31. The molecule has 1 atom stereocenters. The van der Waals surface area contributed by atoms with Crippen molar-refractivity contribution in [2.24, 2.45) is 10.6 Å². The van der Waals surface area contributed by atoms with Crippen molar-refractivity contribution in [1.29, 1.82) is 0 Å². The maximum Gasteiger partial charge on any atom is 0.359 e. The van der Waals surface area contributed by atoms with Gasteiger partial charge < -0.3 is 0 Å². The molecule has 0 aliphatic heterocycles. The Balaban J connectivity index is 2.13. The number of benzene rings is 3. The van der Waals surface area contributed by atoms with Crippen molar-refractivity contribution >= 4 is 15.8 Å². The number of nitrogens with zero attached hydrogens (tertiary/aromatic N) is 1. The van der Waals surface area contributed by atoms with Crippen molar-refractivity contribution < 1.29 is 22.8 Å². The molecular formula is C34H45NO5S. The van der Waals surface area contributed by atoms with Crippen molar-refractivity contribution in [2.45, 2.75) is 97.5 Å². The molecule has 3 aromatic rings. The molecule has 7 heteroatoms. The van der Waals surface area contributed by atoms with Crippen molar-refractivity contribution in [3.63, 3.8) is 0 Å². The van der Waals surface area contributed by atoms with Crippen LogP contribution in [0, 0.1) is 5.41 Å². The first-order valence-corrected chi connectivity index (χ1v) is 15.8. The molecule has 3 rings (SSSR count). The van der Waals surface area contributed by atoms with E-state index >= 15 is 0 Å². The Labute approximate surface area is 246 Å². The molecule has 0 saturated carbocycles. The average Bonchev–Trinajstić information content (AvgIpc) is 2.93. The first-order valence-electron chi connectivity index (χ1n) is 14.4. The van der Waals surface area contributed by atoms with E-state index in [9.17, 15) is 13.7 Å². The molecule has 0 heterocycles. The quantitative estimate of drug-likeness (QED) is 0.131. The number of oxime groups is 1. The van der Waals surface area contributed by atoms with Crippen LogP contribution in [-0.4, -0.2) is 19.4 Å². The molecule has 0 radical (unpaired) electrons. The Morgan fingerprint density at radius 2 is 1.32 bits per heavy atom. The van der Waals surface area contributed by atoms with Crippen LogP contribution in [0.1, 0.15) is 126 Å². The van der Waals surface area contributed by atoms with Gasteiger partial charge in [-0.3, -0.25) is 9.54 Å². The lowest BCUT2D eigenvalue weighted by molar-refractivity contribution is -0.305. The summed E-state index contributed by atoms with van der Waals surface area (Å²) < 4.78 is 33.3. The second kappa shape index (κ2) is 13.3. The van der Waals surface area contributed by atoms with Gasteiger partial charge in [0.2, 0.25) is 0 Å². The van der Waals surface area contributed by atoms with Crippen LogP contribution in [0.15, 0.2) is 76.8 Å². The number of hydrogen-bond donors (Lipinski definition) is 1. The van der Waals surface area contributed by atoms with Gasteiger partial charge in [0.05, 0.1) is 0 Å². The fourth-order valence-electron chi connectivity index (χ4n) is 4.83. The average molecular weight is 580 g/mol. The summed E-state index contributed by atoms with van der Waals surface area (Å²) in [6.07, 6.45) is 0.282. The van der Waals surface area contributed by atoms with Crippen LogP contribution in [0.5, 0.6) is 0 Å². The zero-order valence-electron chi connectivity index (χ0n) is 25.8. The Bertz CT molecular complexity index is 1410. The minimum atomic E-state index is -4.25. The van der Waals surface area contributed by atoms with Gasteiger partial charge in [0.15, 0.2) is 0 Å². The predicted molar refractivity (Wildman–Crippen MR) is 166 cm³/mol. The summed E-state index contributed by atoms with van der Waals surface area (Å²) in [7, 11) is -4.25. The molecule has 3 aromatic carbocycles. The molecule has 6 nitrogen and oxygen atoms in total. The lowest BCUT2D eigenvalue weighted by Crippen LogP contribution is -2.23. The van der Waals surface area contributed by atoms with E-state index in [1.54, 1.807) is 0 Å². The Kier molecular flexibility index (Phi) is 10.6. The van der Waals surface area contributed by atoms with Gasteiger partial charge in [-0.05, 0) is 51.8 Å². The van der Waals surface area contributed by atoms with Crippen molar-refractivity contribution in [2.75, 3.05) is 0 Å². The summed E-state index contributed by atoms with van der Waals surface area (Å²) in [6, 6.07) is 20.7. The van der Waals surface area contributed by atoms with E-state index in [0.29, 0.717) is 16.8 Å². The van der Waals surface area contributed by atoms with E-state index in [0.717, 1.165) is 28.7 Å². The summed E-state index contributed by atoms with van der Waals surface area (Å²) in [6.45, 7) is 18.3. The van der Waals surface area contributed by atoms with Gasteiger partial charge >= 0.3 is 10.1 Å². The molecule has 0 saturated heterocycles. The molecule has 0 aliphatic rings. The van der Waals surface area contributed by atoms with Crippen molar-refractivity contribution in [1.82, 2.24) is 0 Å². The molecular weight excluding hydrogens is 534 g/mol. The van der Waals surface area contributed by atoms with E-state index in [1.165, 1.54) is 0 Å². The first kappa shape index (κ1) is 32.5. The minimum absolute atomic E-state index is 0.0289. The van der Waals surface area contributed by atoms with Crippen LogP contribution in [-0.2, 0) is 19.3 Å². The van der Waals surface area contributed by atoms with E-state index in [4.69, 9.17) is 9.17 Å². The normalized spacial score (nSPS) is 13.7. The van der Waals surface area contributed by atoms with Gasteiger partial charge in [0, 0.05) is 11.1 Å². The Morgan fingerprint density at radius 1 is 0.805 bits per heavy atom. The van der Waals surface area contributed by atoms with Gasteiger partial charge in [-0.1, -0.05) is 134 Å². The Hall–Kier alpha value is -3.00. The van der Waals surface area contributed by atoms with Crippen molar-refractivity contribution in [3.8, 4) is 0 Å². The summed E-state index contributed by atoms with van der Waals surface area (Å²) in [4.78, 5) is 5.07. The molecule has 222 valence electrons. The first-order chi connectivity index (χ1) is 19.2. The summed E-state index contributed by atoms with van der Waals surface area (Å²) in [5.74, 6) is 0.199. The molecule has 0 fully saturated rings. The van der Waals surface area contributed by atoms with Crippen molar-refractivity contribution in [3.05, 3.63) is 100 Å². The van der Waals surface area contributed by atoms with Gasteiger partial charge in [0.1, 0.15) is 16.7 Å². The summed E-state index contributed by atoms with van der Waals surface area (Å²) >= 11 is 0. The summed E-state index contributed by atoms with van der Waals surface area (Å²) in [5, 5.41) is 13.9. The van der Waals surface area contributed by atoms with Crippen LogP contribution in [0.3, 0.4) is 0 Å². The van der Waals surface area contributed by atoms with Crippen LogP contribution in [0.2, 0.25) is 0 Å². The van der Waals surface area contributed by atoms with Gasteiger partial charge in [-0.2, -0.15) is 8.42 Å². The SMILES string of the molecule is CCC(C)(C)C(OO)c1ccc(C(=NOS(=O)(=O)c2c(C(C)C)cc(C(C)C)cc2C(C)C)c2ccccc2)cc1. The van der Waals surface area contributed by atoms with Crippen LogP contribution < -0.4 is 0 Å². The molecule has 0 spiro atoms. The highest BCUT2D eigenvalue weighted by Crippen LogP contribution is 2.39. The molecule has 0 aromatic heterocycles. The maximum atomic E-state index is 13.9. The third-order valence-corrected chi connectivity index (χ3v) is 9.06. The number of hydrogen-bond acceptors (Lipinski definition) is 6. The van der Waals surface area contributed by atoms with E-state index in [-0.39, 0.29) is 28.1 Å². The third kappa shape index (κ3) is 7.45. The molecule has 1 unspecified atom stereocenters. The molecule has 41 heavy (non-hydrogen) atoms. The lowest BCUT2D eigenvalue weighted by atomic mass is 9.80. The largest absolute Gasteiger partial charge is 0.359 e. The molecule has 0 aliphatic carbocycles. The standard InChI is InChI=1S/C34H45NO5S/c1-10-34(8,9)33(39-36)27-18-16-26(17-19-27)31(25-14-12-11-13-15-25)35-40-41(37,38)32-29(23(4)5)20-28(22(2)3)21-30(32)24(6)7/h11-24,33,36H,10H2,1-9H3. The minimum Gasteiger partial charge on any atom is -0.264 e. The zero-order chi connectivity index (χ0) is 30.5. The van der Waals surface area contributed by atoms with Crippen LogP contribution >= 0.6 is 0 Å². The summed E-state index contributed by atoms with van der Waals surface area (Å²) in [5.41, 5.74) is 4.83. The third-order valence-electron chi connectivity index (χ3n) is 7.82. The predicted octanol–water partition coefficient (Wildman–Crippen LogP) is 9.18. The van der Waals surface area contributed by atoms with Crippen LogP contribution in [0.4, 0.5) is 0 Å². The second-order valence-electron chi connectivity index (χ2n) is 12.3. The Morgan fingerprint density at radius 3 is 1.76 bits per heavy atom. The topological polar surface area (TPSA) is 85.2 Å². The van der Waals surface area contributed by atoms with Gasteiger partial charge in [-0.25, -0.2) is 4.89 Å². The fourth-order valence-corrected chi connectivity index (χ4v) is 6.24. The van der Waals surface area contributed by atoms with E-state index < -0.39 is 16.2 Å². The maximum absolute atomic E-state index is 13.9. The molecule has 0 bridgehead atoms. The van der Waals surface area contributed by atoms with E-state index in [1.807, 2.05) is 115 Å². The highest BCUT2D eigenvalue weighted by atomic mass is 32.2. The monoisotopic (exact) mass is 579 g/mol. The van der Waals surface area contributed by atoms with Gasteiger partial charge in [0.25, 0.3) is 0 Å². The number of rotatable bonds is 12. The fraction of sp³-hybridized carbons (Fsp3) is 0.441. The lowest BCUT2D eigenvalue weighted by Gasteiger charge is -2.31. The van der Waals surface area contributed by atoms with Crippen LogP contribution in [0.25, 0.3) is 0 Å². The molecule has 1 N–H and O–H groups in total. The molecule has 0 amide bonds. The van der Waals surface area contributed by atoms with E-state index in [2.05, 4.69) is 19.0 Å². The highest BCUT2D eigenvalue weighted by molar-refractivity contribution is 7.86.